The molecule has 0 atom stereocenters. The highest BCUT2D eigenvalue weighted by molar-refractivity contribution is 5.52. The molecule has 1 heterocycles. The number of benzene rings is 2. The summed E-state index contributed by atoms with van der Waals surface area (Å²) in [5.74, 6) is -0.530. The molecule has 0 aliphatic heterocycles. The minimum atomic E-state index is -0.553. The fourth-order valence-electron chi connectivity index (χ4n) is 2.31. The number of nitro benzene ring substituents is 1. The Balaban J connectivity index is 1.65. The highest BCUT2D eigenvalue weighted by Gasteiger charge is 2.10. The van der Waals surface area contributed by atoms with Crippen molar-refractivity contribution >= 4 is 11.4 Å². The number of rotatable bonds is 6. The predicted molar refractivity (Wildman–Crippen MR) is 88.2 cm³/mol. The van der Waals surface area contributed by atoms with Gasteiger partial charge in [-0.15, -0.1) is 0 Å². The van der Waals surface area contributed by atoms with E-state index in [1.807, 2.05) is 36.5 Å². The van der Waals surface area contributed by atoms with Crippen molar-refractivity contribution in [1.82, 2.24) is 9.78 Å². The molecular weight excluding hydrogens is 311 g/mol. The number of hydrogen-bond donors (Lipinski definition) is 1. The van der Waals surface area contributed by atoms with E-state index in [1.165, 1.54) is 6.07 Å². The molecule has 0 unspecified atom stereocenters. The van der Waals surface area contributed by atoms with Gasteiger partial charge in [0.15, 0.2) is 0 Å². The molecule has 24 heavy (non-hydrogen) atoms. The number of nitrogens with zero attached hydrogens (tertiary/aromatic N) is 3. The van der Waals surface area contributed by atoms with E-state index in [1.54, 1.807) is 10.9 Å². The first-order valence-corrected chi connectivity index (χ1v) is 7.35. The summed E-state index contributed by atoms with van der Waals surface area (Å²) in [6.07, 6.45) is 3.54. The van der Waals surface area contributed by atoms with Crippen LogP contribution in [0.25, 0.3) is 0 Å². The maximum Gasteiger partial charge on any atom is 0.271 e. The summed E-state index contributed by atoms with van der Waals surface area (Å²) < 4.78 is 15.5. The van der Waals surface area contributed by atoms with Gasteiger partial charge in [-0.1, -0.05) is 30.3 Å². The zero-order chi connectivity index (χ0) is 16.9. The molecular formula is C17H15FN4O2. The first-order valence-electron chi connectivity index (χ1n) is 7.35. The van der Waals surface area contributed by atoms with E-state index in [9.17, 15) is 14.5 Å². The molecule has 3 rings (SSSR count). The van der Waals surface area contributed by atoms with Crippen molar-refractivity contribution in [2.24, 2.45) is 0 Å². The topological polar surface area (TPSA) is 73.0 Å². The van der Waals surface area contributed by atoms with Gasteiger partial charge in [0.1, 0.15) is 5.82 Å². The van der Waals surface area contributed by atoms with Crippen LogP contribution in [0.2, 0.25) is 0 Å². The quantitative estimate of drug-likeness (QED) is 0.555. The van der Waals surface area contributed by atoms with E-state index < -0.39 is 10.7 Å². The van der Waals surface area contributed by atoms with Crippen LogP contribution >= 0.6 is 0 Å². The second-order valence-corrected chi connectivity index (χ2v) is 5.31. The van der Waals surface area contributed by atoms with Gasteiger partial charge < -0.3 is 5.32 Å². The lowest BCUT2D eigenvalue weighted by atomic mass is 10.2. The number of nitro groups is 1. The van der Waals surface area contributed by atoms with Crippen LogP contribution in [0.4, 0.5) is 15.8 Å². The molecule has 0 fully saturated rings. The predicted octanol–water partition coefficient (Wildman–Crippen LogP) is 3.59. The zero-order valence-corrected chi connectivity index (χ0v) is 12.7. The second kappa shape index (κ2) is 6.91. The third-order valence-corrected chi connectivity index (χ3v) is 3.52. The Morgan fingerprint density at radius 2 is 1.96 bits per heavy atom. The number of anilines is 1. The van der Waals surface area contributed by atoms with Crippen LogP contribution in [0.5, 0.6) is 0 Å². The maximum absolute atomic E-state index is 13.7. The lowest BCUT2D eigenvalue weighted by Crippen LogP contribution is -2.02. The highest BCUT2D eigenvalue weighted by atomic mass is 19.1. The molecule has 3 aromatic rings. The molecule has 0 saturated carbocycles. The van der Waals surface area contributed by atoms with Crippen molar-refractivity contribution < 1.29 is 9.31 Å². The van der Waals surface area contributed by atoms with E-state index in [-0.39, 0.29) is 11.4 Å². The van der Waals surface area contributed by atoms with Gasteiger partial charge in [0.25, 0.3) is 5.69 Å². The monoisotopic (exact) mass is 326 g/mol. The van der Waals surface area contributed by atoms with E-state index in [0.717, 1.165) is 23.3 Å². The molecule has 0 bridgehead atoms. The first-order chi connectivity index (χ1) is 11.6. The number of hydrogen-bond acceptors (Lipinski definition) is 4. The van der Waals surface area contributed by atoms with Gasteiger partial charge in [0.05, 0.1) is 23.4 Å². The molecule has 0 amide bonds. The van der Waals surface area contributed by atoms with Crippen molar-refractivity contribution in [3.05, 3.63) is 88.0 Å². The lowest BCUT2D eigenvalue weighted by Gasteiger charge is -2.06. The molecule has 7 heteroatoms. The number of aromatic nitrogens is 2. The third kappa shape index (κ3) is 3.75. The van der Waals surface area contributed by atoms with Crippen LogP contribution in [0, 0.1) is 15.9 Å². The Hall–Kier alpha value is -3.22. The molecule has 6 nitrogen and oxygen atoms in total. The van der Waals surface area contributed by atoms with Crippen LogP contribution in [0.1, 0.15) is 11.1 Å². The summed E-state index contributed by atoms with van der Waals surface area (Å²) in [5, 5.41) is 17.9. The fraction of sp³-hybridized carbons (Fsp3) is 0.118. The minimum absolute atomic E-state index is 0.0972. The number of nitrogens with one attached hydrogen (secondary N) is 1. The Bertz CT molecular complexity index is 849. The Kier molecular flexibility index (Phi) is 4.51. The third-order valence-electron chi connectivity index (χ3n) is 3.52. The maximum atomic E-state index is 13.7. The van der Waals surface area contributed by atoms with Crippen molar-refractivity contribution in [3.8, 4) is 0 Å². The summed E-state index contributed by atoms with van der Waals surface area (Å²) in [4.78, 5) is 10.2. The van der Waals surface area contributed by atoms with Crippen LogP contribution in [0.15, 0.2) is 60.9 Å². The van der Waals surface area contributed by atoms with Gasteiger partial charge in [-0.05, 0) is 11.6 Å². The summed E-state index contributed by atoms with van der Waals surface area (Å²) in [6.45, 7) is 0.971. The van der Waals surface area contributed by atoms with Gasteiger partial charge in [0.2, 0.25) is 0 Å². The first kappa shape index (κ1) is 15.7. The van der Waals surface area contributed by atoms with Crippen LogP contribution < -0.4 is 5.32 Å². The lowest BCUT2D eigenvalue weighted by molar-refractivity contribution is -0.384. The molecule has 0 spiro atoms. The van der Waals surface area contributed by atoms with E-state index in [0.29, 0.717) is 13.1 Å². The van der Waals surface area contributed by atoms with Crippen molar-refractivity contribution in [3.63, 3.8) is 0 Å². The smallest absolute Gasteiger partial charge is 0.271 e. The molecule has 1 N–H and O–H groups in total. The normalized spacial score (nSPS) is 10.5. The second-order valence-electron chi connectivity index (χ2n) is 5.31. The average molecular weight is 326 g/mol. The summed E-state index contributed by atoms with van der Waals surface area (Å²) >= 11 is 0. The van der Waals surface area contributed by atoms with Gasteiger partial charge in [-0.2, -0.15) is 5.10 Å². The van der Waals surface area contributed by atoms with Crippen molar-refractivity contribution in [2.45, 2.75) is 13.1 Å². The Morgan fingerprint density at radius 3 is 2.71 bits per heavy atom. The minimum Gasteiger partial charge on any atom is -0.378 e. The molecule has 2 aromatic carbocycles. The molecule has 1 aromatic heterocycles. The number of halogens is 1. The summed E-state index contributed by atoms with van der Waals surface area (Å²) in [5.41, 5.74) is 1.93. The standard InChI is InChI=1S/C17H15FN4O2/c18-16-7-6-15(22(23)24)8-17(16)19-9-14-10-20-21(12-14)11-13-4-2-1-3-5-13/h1-8,10,12,19H,9,11H2. The van der Waals surface area contributed by atoms with E-state index >= 15 is 0 Å². The number of non-ortho nitro benzene ring substituents is 1. The molecule has 0 saturated heterocycles. The Morgan fingerprint density at radius 1 is 1.17 bits per heavy atom. The van der Waals surface area contributed by atoms with Gasteiger partial charge in [-0.3, -0.25) is 14.8 Å². The molecule has 0 radical (unpaired) electrons. The summed E-state index contributed by atoms with van der Waals surface area (Å²) in [6, 6.07) is 13.3. The van der Waals surface area contributed by atoms with E-state index in [4.69, 9.17) is 0 Å². The van der Waals surface area contributed by atoms with E-state index in [2.05, 4.69) is 10.4 Å². The van der Waals surface area contributed by atoms with Gasteiger partial charge >= 0.3 is 0 Å². The highest BCUT2D eigenvalue weighted by Crippen LogP contribution is 2.21. The Labute approximate surface area is 137 Å². The largest absolute Gasteiger partial charge is 0.378 e. The molecule has 0 aliphatic rings. The molecule has 122 valence electrons. The van der Waals surface area contributed by atoms with Crippen molar-refractivity contribution in [1.29, 1.82) is 0 Å². The molecule has 0 aliphatic carbocycles. The van der Waals surface area contributed by atoms with Crippen LogP contribution in [-0.2, 0) is 13.1 Å². The zero-order valence-electron chi connectivity index (χ0n) is 12.7. The fourth-order valence-corrected chi connectivity index (χ4v) is 2.31. The van der Waals surface area contributed by atoms with Crippen LogP contribution in [0.3, 0.4) is 0 Å². The van der Waals surface area contributed by atoms with Gasteiger partial charge in [-0.25, -0.2) is 4.39 Å². The SMILES string of the molecule is O=[N+]([O-])c1ccc(F)c(NCc2cnn(Cc3ccccc3)c2)c1. The average Bonchev–Trinajstić information content (AvgIpc) is 3.02. The van der Waals surface area contributed by atoms with Gasteiger partial charge in [0, 0.05) is 30.4 Å². The van der Waals surface area contributed by atoms with Crippen molar-refractivity contribution in [2.75, 3.05) is 5.32 Å². The van der Waals surface area contributed by atoms with Crippen LogP contribution in [-0.4, -0.2) is 14.7 Å². The summed E-state index contributed by atoms with van der Waals surface area (Å²) in [7, 11) is 0.